The van der Waals surface area contributed by atoms with Crippen LogP contribution in [0.4, 0.5) is 5.69 Å². The van der Waals surface area contributed by atoms with Crippen LogP contribution in [0.2, 0.25) is 0 Å². The van der Waals surface area contributed by atoms with Gasteiger partial charge in [-0.25, -0.2) is 4.68 Å². The number of hydrogen-bond acceptors (Lipinski definition) is 3. The molecule has 0 unspecified atom stereocenters. The highest BCUT2D eigenvalue weighted by Crippen LogP contribution is 2.27. The summed E-state index contributed by atoms with van der Waals surface area (Å²) < 4.78 is 1.76. The fourth-order valence-electron chi connectivity index (χ4n) is 2.06. The number of nitrogens with zero attached hydrogens (tertiary/aromatic N) is 2. The van der Waals surface area contributed by atoms with E-state index in [4.69, 9.17) is 0 Å². The van der Waals surface area contributed by atoms with Crippen LogP contribution in [0.15, 0.2) is 42.7 Å². The molecule has 1 aromatic heterocycles. The third-order valence-electron chi connectivity index (χ3n) is 3.31. The number of halogens is 1. The van der Waals surface area contributed by atoms with E-state index in [-0.39, 0.29) is 18.3 Å². The summed E-state index contributed by atoms with van der Waals surface area (Å²) in [6, 6.07) is 9.52. The Hall–Kier alpha value is -1.85. The van der Waals surface area contributed by atoms with Gasteiger partial charge in [0.2, 0.25) is 5.91 Å². The molecule has 1 saturated carbocycles. The second kappa shape index (κ2) is 7.24. The van der Waals surface area contributed by atoms with Crippen molar-refractivity contribution >= 4 is 24.0 Å². The number of nitrogens with one attached hydrogen (secondary N) is 2. The van der Waals surface area contributed by atoms with Gasteiger partial charge in [0, 0.05) is 18.1 Å². The maximum atomic E-state index is 11.8. The molecule has 3 rings (SSSR count). The Balaban J connectivity index is 0.00000161. The van der Waals surface area contributed by atoms with Gasteiger partial charge in [-0.2, -0.15) is 5.10 Å². The summed E-state index contributed by atoms with van der Waals surface area (Å²) in [6.45, 7) is 1.31. The minimum absolute atomic E-state index is 0. The number of amides is 1. The van der Waals surface area contributed by atoms with Crippen molar-refractivity contribution in [3.63, 3.8) is 0 Å². The molecule has 21 heavy (non-hydrogen) atoms. The van der Waals surface area contributed by atoms with Crippen LogP contribution in [0.1, 0.15) is 12.8 Å². The number of hydrogen-bond donors (Lipinski definition) is 2. The zero-order chi connectivity index (χ0) is 13.8. The maximum absolute atomic E-state index is 11.8. The first kappa shape index (κ1) is 15.5. The standard InChI is InChI=1S/C15H18N4O.ClH/c20-15(11-16-10-12-5-6-12)18-13-3-1-4-14(9-13)19-8-2-7-17-19;/h1-4,7-9,12,16H,5-6,10-11H2,(H,18,20);1H. The molecule has 112 valence electrons. The summed E-state index contributed by atoms with van der Waals surface area (Å²) in [5.74, 6) is 0.772. The largest absolute Gasteiger partial charge is 0.325 e. The quantitative estimate of drug-likeness (QED) is 0.860. The lowest BCUT2D eigenvalue weighted by molar-refractivity contribution is -0.115. The maximum Gasteiger partial charge on any atom is 0.238 e. The van der Waals surface area contributed by atoms with Gasteiger partial charge < -0.3 is 10.6 Å². The summed E-state index contributed by atoms with van der Waals surface area (Å²) >= 11 is 0. The van der Waals surface area contributed by atoms with Gasteiger partial charge in [-0.1, -0.05) is 6.07 Å². The Kier molecular flexibility index (Phi) is 5.36. The third kappa shape index (κ3) is 4.58. The molecule has 5 nitrogen and oxygen atoms in total. The van der Waals surface area contributed by atoms with Gasteiger partial charge in [0.1, 0.15) is 0 Å². The highest BCUT2D eigenvalue weighted by molar-refractivity contribution is 5.92. The van der Waals surface area contributed by atoms with E-state index in [1.54, 1.807) is 10.9 Å². The second-order valence-electron chi connectivity index (χ2n) is 5.12. The van der Waals surface area contributed by atoms with E-state index in [9.17, 15) is 4.79 Å². The van der Waals surface area contributed by atoms with Crippen LogP contribution in [-0.2, 0) is 4.79 Å². The van der Waals surface area contributed by atoms with Gasteiger partial charge in [-0.05, 0) is 49.6 Å². The van der Waals surface area contributed by atoms with Crippen LogP contribution >= 0.6 is 12.4 Å². The number of anilines is 1. The van der Waals surface area contributed by atoms with Crippen molar-refractivity contribution in [2.75, 3.05) is 18.4 Å². The van der Waals surface area contributed by atoms with Gasteiger partial charge in [-0.15, -0.1) is 12.4 Å². The molecule has 1 aliphatic carbocycles. The van der Waals surface area contributed by atoms with Crippen LogP contribution in [0.5, 0.6) is 0 Å². The summed E-state index contributed by atoms with van der Waals surface area (Å²) in [4.78, 5) is 11.8. The summed E-state index contributed by atoms with van der Waals surface area (Å²) in [5, 5.41) is 10.3. The van der Waals surface area contributed by atoms with Gasteiger partial charge in [0.25, 0.3) is 0 Å². The minimum atomic E-state index is -0.0109. The van der Waals surface area contributed by atoms with Crippen molar-refractivity contribution < 1.29 is 4.79 Å². The second-order valence-corrected chi connectivity index (χ2v) is 5.12. The summed E-state index contributed by atoms with van der Waals surface area (Å²) in [7, 11) is 0. The van der Waals surface area contributed by atoms with Crippen LogP contribution in [0.3, 0.4) is 0 Å². The lowest BCUT2D eigenvalue weighted by Crippen LogP contribution is -2.29. The SMILES string of the molecule is Cl.O=C(CNCC1CC1)Nc1cccc(-n2cccn2)c1. The first-order chi connectivity index (χ1) is 9.81. The van der Waals surface area contributed by atoms with Crippen molar-refractivity contribution in [3.8, 4) is 5.69 Å². The number of carbonyl (C=O) groups excluding carboxylic acids is 1. The molecule has 0 saturated heterocycles. The van der Waals surface area contributed by atoms with E-state index in [1.165, 1.54) is 12.8 Å². The van der Waals surface area contributed by atoms with E-state index >= 15 is 0 Å². The zero-order valence-corrected chi connectivity index (χ0v) is 12.5. The van der Waals surface area contributed by atoms with Crippen molar-refractivity contribution in [1.82, 2.24) is 15.1 Å². The van der Waals surface area contributed by atoms with E-state index in [0.717, 1.165) is 23.8 Å². The lowest BCUT2D eigenvalue weighted by Gasteiger charge is -2.08. The average Bonchev–Trinajstić information content (AvgIpc) is 3.10. The van der Waals surface area contributed by atoms with E-state index in [0.29, 0.717) is 6.54 Å². The van der Waals surface area contributed by atoms with Crippen LogP contribution < -0.4 is 10.6 Å². The smallest absolute Gasteiger partial charge is 0.238 e. The number of aromatic nitrogens is 2. The first-order valence-electron chi connectivity index (χ1n) is 6.92. The van der Waals surface area contributed by atoms with Crippen molar-refractivity contribution in [2.24, 2.45) is 5.92 Å². The van der Waals surface area contributed by atoms with Crippen LogP contribution in [0.25, 0.3) is 5.69 Å². The molecule has 1 amide bonds. The molecule has 1 heterocycles. The molecular weight excluding hydrogens is 288 g/mol. The molecule has 1 fully saturated rings. The Morgan fingerprint density at radius 3 is 2.90 bits per heavy atom. The molecule has 0 radical (unpaired) electrons. The summed E-state index contributed by atoms with van der Waals surface area (Å²) in [5.41, 5.74) is 1.72. The predicted molar refractivity (Wildman–Crippen MR) is 85.0 cm³/mol. The molecule has 0 aliphatic heterocycles. The zero-order valence-electron chi connectivity index (χ0n) is 11.7. The van der Waals surface area contributed by atoms with E-state index in [1.807, 2.05) is 36.5 Å². The molecule has 0 bridgehead atoms. The van der Waals surface area contributed by atoms with Gasteiger partial charge in [-0.3, -0.25) is 4.79 Å². The molecule has 1 aliphatic rings. The first-order valence-corrected chi connectivity index (χ1v) is 6.92. The number of benzene rings is 1. The monoisotopic (exact) mass is 306 g/mol. The molecule has 0 atom stereocenters. The fraction of sp³-hybridized carbons (Fsp3) is 0.333. The Labute approximate surface area is 130 Å². The predicted octanol–water partition coefficient (Wildman–Crippen LogP) is 2.23. The Morgan fingerprint density at radius 1 is 1.33 bits per heavy atom. The van der Waals surface area contributed by atoms with Crippen molar-refractivity contribution in [2.45, 2.75) is 12.8 Å². The summed E-state index contributed by atoms with van der Waals surface area (Å²) in [6.07, 6.45) is 6.19. The Morgan fingerprint density at radius 2 is 2.19 bits per heavy atom. The van der Waals surface area contributed by atoms with Gasteiger partial charge in [0.05, 0.1) is 12.2 Å². The molecule has 6 heteroatoms. The minimum Gasteiger partial charge on any atom is -0.325 e. The van der Waals surface area contributed by atoms with Crippen LogP contribution in [-0.4, -0.2) is 28.8 Å². The highest BCUT2D eigenvalue weighted by atomic mass is 35.5. The Bertz CT molecular complexity index is 581. The topological polar surface area (TPSA) is 59.0 Å². The fourth-order valence-corrected chi connectivity index (χ4v) is 2.06. The van der Waals surface area contributed by atoms with Gasteiger partial charge in [0.15, 0.2) is 0 Å². The third-order valence-corrected chi connectivity index (χ3v) is 3.31. The van der Waals surface area contributed by atoms with E-state index < -0.39 is 0 Å². The molecule has 2 aromatic rings. The van der Waals surface area contributed by atoms with E-state index in [2.05, 4.69) is 15.7 Å². The normalized spacial score (nSPS) is 13.5. The highest BCUT2D eigenvalue weighted by Gasteiger charge is 2.20. The van der Waals surface area contributed by atoms with Crippen LogP contribution in [0, 0.1) is 5.92 Å². The molecule has 1 aromatic carbocycles. The average molecular weight is 307 g/mol. The van der Waals surface area contributed by atoms with Crippen molar-refractivity contribution in [1.29, 1.82) is 0 Å². The van der Waals surface area contributed by atoms with Crippen molar-refractivity contribution in [3.05, 3.63) is 42.7 Å². The molecular formula is C15H19ClN4O. The molecule has 0 spiro atoms. The number of carbonyl (C=O) groups is 1. The lowest BCUT2D eigenvalue weighted by atomic mass is 10.2. The molecule has 2 N–H and O–H groups in total. The number of rotatable bonds is 6. The van der Waals surface area contributed by atoms with Gasteiger partial charge >= 0.3 is 0 Å².